The van der Waals surface area contributed by atoms with Crippen LogP contribution in [0.4, 0.5) is 5.69 Å². The van der Waals surface area contributed by atoms with Gasteiger partial charge >= 0.3 is 0 Å². The van der Waals surface area contributed by atoms with Crippen LogP contribution in [-0.4, -0.2) is 9.78 Å². The molecule has 0 saturated heterocycles. The lowest BCUT2D eigenvalue weighted by Gasteiger charge is -2.10. The third-order valence-electron chi connectivity index (χ3n) is 3.69. The van der Waals surface area contributed by atoms with Crippen LogP contribution < -0.4 is 5.73 Å². The van der Waals surface area contributed by atoms with Gasteiger partial charge in [0.1, 0.15) is 5.69 Å². The quantitative estimate of drug-likeness (QED) is 0.911. The third-order valence-corrected chi connectivity index (χ3v) is 4.51. The Hall–Kier alpha value is -1.19. The first-order valence-corrected chi connectivity index (χ1v) is 7.12. The summed E-state index contributed by atoms with van der Waals surface area (Å²) >= 11 is 12.3. The lowest BCUT2D eigenvalue weighted by Crippen LogP contribution is -2.07. The average molecular weight is 296 g/mol. The van der Waals surface area contributed by atoms with Gasteiger partial charge in [-0.15, -0.1) is 0 Å². The molecule has 100 valence electrons. The monoisotopic (exact) mass is 295 g/mol. The Labute approximate surface area is 122 Å². The van der Waals surface area contributed by atoms with Gasteiger partial charge in [-0.25, -0.2) is 0 Å². The van der Waals surface area contributed by atoms with E-state index in [1.54, 1.807) is 6.07 Å². The van der Waals surface area contributed by atoms with Crippen molar-refractivity contribution in [2.75, 3.05) is 5.73 Å². The second-order valence-corrected chi connectivity index (χ2v) is 5.88. The highest BCUT2D eigenvalue weighted by Crippen LogP contribution is 2.41. The number of hydrogen-bond acceptors (Lipinski definition) is 2. The zero-order chi connectivity index (χ0) is 13.6. The number of nitrogen functional groups attached to an aromatic ring is 1. The Morgan fingerprint density at radius 1 is 1.37 bits per heavy atom. The van der Waals surface area contributed by atoms with Gasteiger partial charge in [0.05, 0.1) is 21.8 Å². The molecule has 3 rings (SSSR count). The van der Waals surface area contributed by atoms with Crippen LogP contribution in [0.3, 0.4) is 0 Å². The van der Waals surface area contributed by atoms with E-state index in [1.165, 1.54) is 12.8 Å². The first-order valence-electron chi connectivity index (χ1n) is 6.37. The minimum absolute atomic E-state index is 0.383. The maximum absolute atomic E-state index is 6.23. The van der Waals surface area contributed by atoms with Gasteiger partial charge in [-0.2, -0.15) is 5.10 Å². The molecule has 2 aromatic rings. The van der Waals surface area contributed by atoms with Crippen molar-refractivity contribution in [2.45, 2.75) is 25.8 Å². The van der Waals surface area contributed by atoms with Crippen molar-refractivity contribution in [3.05, 3.63) is 34.4 Å². The van der Waals surface area contributed by atoms with Gasteiger partial charge in [0, 0.05) is 11.8 Å². The van der Waals surface area contributed by atoms with Crippen molar-refractivity contribution in [3.8, 4) is 11.3 Å². The molecule has 1 atom stereocenters. The van der Waals surface area contributed by atoms with Crippen molar-refractivity contribution in [1.29, 1.82) is 0 Å². The third kappa shape index (κ3) is 2.33. The van der Waals surface area contributed by atoms with E-state index in [1.807, 2.05) is 23.0 Å². The fourth-order valence-electron chi connectivity index (χ4n) is 2.31. The summed E-state index contributed by atoms with van der Waals surface area (Å²) in [7, 11) is 0. The van der Waals surface area contributed by atoms with Crippen molar-refractivity contribution in [2.24, 2.45) is 5.92 Å². The molecular weight excluding hydrogens is 281 g/mol. The second kappa shape index (κ2) is 4.73. The van der Waals surface area contributed by atoms with Crippen LogP contribution in [0, 0.1) is 5.92 Å². The molecule has 0 radical (unpaired) electrons. The number of nitrogens with two attached hydrogens (primary N) is 1. The van der Waals surface area contributed by atoms with E-state index in [2.05, 4.69) is 12.0 Å². The average Bonchev–Trinajstić information content (AvgIpc) is 3.16. The minimum Gasteiger partial charge on any atom is -0.396 e. The van der Waals surface area contributed by atoms with Gasteiger partial charge in [0.15, 0.2) is 0 Å². The standard InChI is InChI=1S/C14H15Cl2N3/c1-8(9-5-6-9)19-7-12(17)14(18-19)10-3-2-4-11(15)13(10)16/h2-4,7-9H,5-6,17H2,1H3. The summed E-state index contributed by atoms with van der Waals surface area (Å²) in [4.78, 5) is 0. The summed E-state index contributed by atoms with van der Waals surface area (Å²) in [6.45, 7) is 2.17. The number of nitrogens with zero attached hydrogens (tertiary/aromatic N) is 2. The largest absolute Gasteiger partial charge is 0.396 e. The van der Waals surface area contributed by atoms with Gasteiger partial charge < -0.3 is 5.73 Å². The van der Waals surface area contributed by atoms with Crippen molar-refractivity contribution in [3.63, 3.8) is 0 Å². The van der Waals surface area contributed by atoms with E-state index in [4.69, 9.17) is 28.9 Å². The molecule has 0 spiro atoms. The number of hydrogen-bond donors (Lipinski definition) is 1. The van der Waals surface area contributed by atoms with Gasteiger partial charge in [-0.1, -0.05) is 35.3 Å². The van der Waals surface area contributed by atoms with Crippen LogP contribution in [-0.2, 0) is 0 Å². The number of benzene rings is 1. The Morgan fingerprint density at radius 2 is 2.11 bits per heavy atom. The second-order valence-electron chi connectivity index (χ2n) is 5.09. The molecule has 5 heteroatoms. The molecule has 3 nitrogen and oxygen atoms in total. The van der Waals surface area contributed by atoms with E-state index >= 15 is 0 Å². The van der Waals surface area contributed by atoms with Crippen LogP contribution in [0.15, 0.2) is 24.4 Å². The Bertz CT molecular complexity index is 617. The molecule has 1 fully saturated rings. The normalized spacial score (nSPS) is 16.6. The zero-order valence-electron chi connectivity index (χ0n) is 10.6. The van der Waals surface area contributed by atoms with Gasteiger partial charge in [-0.3, -0.25) is 4.68 Å². The highest BCUT2D eigenvalue weighted by atomic mass is 35.5. The predicted octanol–water partition coefficient (Wildman–Crippen LogP) is 4.41. The van der Waals surface area contributed by atoms with Crippen LogP contribution in [0.2, 0.25) is 10.0 Å². The highest BCUT2D eigenvalue weighted by Gasteiger charge is 2.30. The summed E-state index contributed by atoms with van der Waals surface area (Å²) in [5.74, 6) is 0.724. The van der Waals surface area contributed by atoms with Crippen molar-refractivity contribution < 1.29 is 0 Å². The van der Waals surface area contributed by atoms with E-state index < -0.39 is 0 Å². The molecule has 1 aromatic carbocycles. The summed E-state index contributed by atoms with van der Waals surface area (Å²) in [6.07, 6.45) is 4.43. The fourth-order valence-corrected chi connectivity index (χ4v) is 2.70. The molecule has 1 unspecified atom stereocenters. The van der Waals surface area contributed by atoms with E-state index in [9.17, 15) is 0 Å². The number of halogens is 2. The molecular formula is C14H15Cl2N3. The minimum atomic E-state index is 0.383. The Morgan fingerprint density at radius 3 is 2.79 bits per heavy atom. The Kier molecular flexibility index (Phi) is 3.19. The molecule has 1 aromatic heterocycles. The molecule has 1 heterocycles. The lowest BCUT2D eigenvalue weighted by atomic mass is 10.1. The Balaban J connectivity index is 2.03. The molecule has 0 amide bonds. The van der Waals surface area contributed by atoms with Crippen LogP contribution >= 0.6 is 23.2 Å². The van der Waals surface area contributed by atoms with Crippen molar-refractivity contribution >= 4 is 28.9 Å². The van der Waals surface area contributed by atoms with Crippen LogP contribution in [0.25, 0.3) is 11.3 Å². The molecule has 1 aliphatic carbocycles. The summed E-state index contributed by atoms with van der Waals surface area (Å²) < 4.78 is 1.94. The predicted molar refractivity (Wildman–Crippen MR) is 79.5 cm³/mol. The SMILES string of the molecule is CC(C1CC1)n1cc(N)c(-c2cccc(Cl)c2Cl)n1. The van der Waals surface area contributed by atoms with Crippen LogP contribution in [0.5, 0.6) is 0 Å². The summed E-state index contributed by atoms with van der Waals surface area (Å²) in [5.41, 5.74) is 8.20. The first kappa shape index (κ1) is 12.8. The summed E-state index contributed by atoms with van der Waals surface area (Å²) in [6, 6.07) is 5.88. The number of rotatable bonds is 3. The molecule has 0 bridgehead atoms. The number of anilines is 1. The van der Waals surface area contributed by atoms with Crippen LogP contribution in [0.1, 0.15) is 25.8 Å². The number of aromatic nitrogens is 2. The summed E-state index contributed by atoms with van der Waals surface area (Å²) in [5, 5.41) is 5.61. The lowest BCUT2D eigenvalue weighted by molar-refractivity contribution is 0.441. The maximum Gasteiger partial charge on any atom is 0.117 e. The van der Waals surface area contributed by atoms with E-state index in [0.717, 1.165) is 11.5 Å². The molecule has 0 aliphatic heterocycles. The molecule has 1 aliphatic rings. The van der Waals surface area contributed by atoms with Gasteiger partial charge in [-0.05, 0) is 31.7 Å². The van der Waals surface area contributed by atoms with E-state index in [0.29, 0.717) is 27.5 Å². The maximum atomic E-state index is 6.23. The van der Waals surface area contributed by atoms with E-state index in [-0.39, 0.29) is 0 Å². The van der Waals surface area contributed by atoms with Crippen molar-refractivity contribution in [1.82, 2.24) is 9.78 Å². The topological polar surface area (TPSA) is 43.8 Å². The zero-order valence-corrected chi connectivity index (χ0v) is 12.1. The smallest absolute Gasteiger partial charge is 0.117 e. The molecule has 2 N–H and O–H groups in total. The highest BCUT2D eigenvalue weighted by molar-refractivity contribution is 6.43. The fraction of sp³-hybridized carbons (Fsp3) is 0.357. The first-order chi connectivity index (χ1) is 9.08. The van der Waals surface area contributed by atoms with Gasteiger partial charge in [0.25, 0.3) is 0 Å². The van der Waals surface area contributed by atoms with Gasteiger partial charge in [0.2, 0.25) is 0 Å². The molecule has 1 saturated carbocycles. The molecule has 19 heavy (non-hydrogen) atoms.